The third-order valence-electron chi connectivity index (χ3n) is 5.00. The number of nitrogens with two attached hydrogens (primary N) is 1. The number of hydrogen-bond donors (Lipinski definition) is 1. The highest BCUT2D eigenvalue weighted by atomic mass is 32.2. The van der Waals surface area contributed by atoms with E-state index in [9.17, 15) is 22.8 Å². The van der Waals surface area contributed by atoms with Gasteiger partial charge in [-0.05, 0) is 18.6 Å². The van der Waals surface area contributed by atoms with Gasteiger partial charge >= 0.3 is 5.69 Å². The van der Waals surface area contributed by atoms with Crippen LogP contribution in [0.5, 0.6) is 0 Å². The summed E-state index contributed by atoms with van der Waals surface area (Å²) in [5.41, 5.74) is 4.17. The van der Waals surface area contributed by atoms with Gasteiger partial charge in [-0.3, -0.25) is 23.6 Å². The van der Waals surface area contributed by atoms with E-state index in [0.717, 1.165) is 9.13 Å². The Kier molecular flexibility index (Phi) is 5.31. The highest BCUT2D eigenvalue weighted by Crippen LogP contribution is 2.21. The Hall–Kier alpha value is -2.66. The van der Waals surface area contributed by atoms with Crippen LogP contribution in [0.1, 0.15) is 22.5 Å². The maximum Gasteiger partial charge on any atom is 0.332 e. The minimum absolute atomic E-state index is 0.0459. The maximum absolute atomic E-state index is 12.9. The van der Waals surface area contributed by atoms with Gasteiger partial charge in [-0.25, -0.2) is 13.2 Å². The average Bonchev–Trinajstić information content (AvgIpc) is 3.27. The van der Waals surface area contributed by atoms with Crippen LogP contribution in [0.4, 0.5) is 5.82 Å². The molecule has 2 aromatic rings. The van der Waals surface area contributed by atoms with E-state index in [1.807, 2.05) is 0 Å². The summed E-state index contributed by atoms with van der Waals surface area (Å²) in [4.78, 5) is 39.0. The Morgan fingerprint density at radius 1 is 1.32 bits per heavy atom. The van der Waals surface area contributed by atoms with Crippen LogP contribution in [0, 0.1) is 0 Å². The van der Waals surface area contributed by atoms with Crippen molar-refractivity contribution in [3.8, 4) is 0 Å². The van der Waals surface area contributed by atoms with Gasteiger partial charge in [0.1, 0.15) is 17.1 Å². The molecule has 3 heterocycles. The molecule has 0 spiro atoms. The fraction of sp³-hybridized carbons (Fsp3) is 0.471. The second-order valence-corrected chi connectivity index (χ2v) is 9.16. The summed E-state index contributed by atoms with van der Waals surface area (Å²) in [6.07, 6.45) is 1.87. The number of sulfone groups is 1. The third kappa shape index (κ3) is 3.80. The minimum atomic E-state index is -3.17. The molecular formula is C17H22N4O6S. The number of anilines is 1. The first-order valence-electron chi connectivity index (χ1n) is 8.66. The number of furan rings is 1. The van der Waals surface area contributed by atoms with Crippen LogP contribution in [-0.4, -0.2) is 52.3 Å². The molecule has 3 rings (SSSR count). The van der Waals surface area contributed by atoms with Gasteiger partial charge in [0.15, 0.2) is 15.6 Å². The van der Waals surface area contributed by atoms with Crippen molar-refractivity contribution >= 4 is 21.4 Å². The lowest BCUT2D eigenvalue weighted by molar-refractivity contribution is 0.0882. The smallest absolute Gasteiger partial charge is 0.332 e. The molecule has 0 aromatic carbocycles. The number of ketones is 1. The second-order valence-electron chi connectivity index (χ2n) is 6.93. The van der Waals surface area contributed by atoms with Gasteiger partial charge in [0.2, 0.25) is 0 Å². The van der Waals surface area contributed by atoms with E-state index in [-0.39, 0.29) is 42.0 Å². The molecule has 152 valence electrons. The second kappa shape index (κ2) is 7.40. The average molecular weight is 410 g/mol. The minimum Gasteiger partial charge on any atom is -0.468 e. The molecule has 1 aliphatic heterocycles. The van der Waals surface area contributed by atoms with Crippen molar-refractivity contribution in [2.24, 2.45) is 14.1 Å². The van der Waals surface area contributed by atoms with Crippen LogP contribution >= 0.6 is 0 Å². The van der Waals surface area contributed by atoms with E-state index in [1.165, 1.54) is 20.4 Å². The van der Waals surface area contributed by atoms with E-state index in [0.29, 0.717) is 12.2 Å². The molecule has 0 saturated carbocycles. The predicted octanol–water partition coefficient (Wildman–Crippen LogP) is -0.869. The normalized spacial score (nSPS) is 18.6. The molecule has 1 aliphatic rings. The number of carbonyl (C=O) groups is 1. The van der Waals surface area contributed by atoms with Crippen LogP contribution in [-0.2, 0) is 30.5 Å². The van der Waals surface area contributed by atoms with Gasteiger partial charge in [0, 0.05) is 20.1 Å². The zero-order valence-corrected chi connectivity index (χ0v) is 16.4. The van der Waals surface area contributed by atoms with Crippen molar-refractivity contribution in [1.29, 1.82) is 0 Å². The van der Waals surface area contributed by atoms with Crippen LogP contribution < -0.4 is 17.0 Å². The van der Waals surface area contributed by atoms with Gasteiger partial charge < -0.3 is 10.2 Å². The molecular weight excluding hydrogens is 388 g/mol. The Bertz CT molecular complexity index is 1110. The molecule has 2 aromatic heterocycles. The first-order chi connectivity index (χ1) is 13.1. The van der Waals surface area contributed by atoms with Gasteiger partial charge in [0.05, 0.1) is 30.9 Å². The predicted molar refractivity (Wildman–Crippen MR) is 102 cm³/mol. The Morgan fingerprint density at radius 2 is 2.04 bits per heavy atom. The van der Waals surface area contributed by atoms with Crippen LogP contribution in [0.25, 0.3) is 0 Å². The molecule has 0 amide bonds. The molecule has 1 fully saturated rings. The number of aromatic nitrogens is 2. The molecule has 0 radical (unpaired) electrons. The largest absolute Gasteiger partial charge is 0.468 e. The number of hydrogen-bond acceptors (Lipinski definition) is 8. The van der Waals surface area contributed by atoms with E-state index >= 15 is 0 Å². The zero-order valence-electron chi connectivity index (χ0n) is 15.6. The van der Waals surface area contributed by atoms with E-state index in [4.69, 9.17) is 10.2 Å². The fourth-order valence-electron chi connectivity index (χ4n) is 3.37. The topological polar surface area (TPSA) is 138 Å². The van der Waals surface area contributed by atoms with Gasteiger partial charge in [-0.1, -0.05) is 0 Å². The Morgan fingerprint density at radius 3 is 2.61 bits per heavy atom. The molecule has 2 N–H and O–H groups in total. The maximum atomic E-state index is 12.9. The van der Waals surface area contributed by atoms with E-state index in [2.05, 4.69) is 0 Å². The number of nitrogen functional groups attached to an aromatic ring is 1. The first-order valence-corrected chi connectivity index (χ1v) is 10.5. The Labute approximate surface area is 161 Å². The molecule has 1 unspecified atom stereocenters. The van der Waals surface area contributed by atoms with Crippen LogP contribution in [0.3, 0.4) is 0 Å². The lowest BCUT2D eigenvalue weighted by Gasteiger charge is -2.26. The highest BCUT2D eigenvalue weighted by molar-refractivity contribution is 7.91. The Balaban J connectivity index is 1.94. The summed E-state index contributed by atoms with van der Waals surface area (Å²) >= 11 is 0. The van der Waals surface area contributed by atoms with Crippen molar-refractivity contribution in [3.05, 3.63) is 50.6 Å². The summed E-state index contributed by atoms with van der Waals surface area (Å²) in [7, 11) is -0.533. The molecule has 1 atom stereocenters. The lowest BCUT2D eigenvalue weighted by Crippen LogP contribution is -2.45. The molecule has 11 heteroatoms. The SMILES string of the molecule is Cn1c(N)c(C(=O)CN(Cc2ccco2)C2CCS(=O)(=O)C2)c(=O)n(C)c1=O. The number of nitrogens with zero attached hydrogens (tertiary/aromatic N) is 3. The monoisotopic (exact) mass is 410 g/mol. The summed E-state index contributed by atoms with van der Waals surface area (Å²) in [5, 5.41) is 0. The summed E-state index contributed by atoms with van der Waals surface area (Å²) in [6.45, 7) is -0.0105. The quantitative estimate of drug-likeness (QED) is 0.607. The molecule has 0 aliphatic carbocycles. The van der Waals surface area contributed by atoms with E-state index in [1.54, 1.807) is 17.0 Å². The molecule has 0 bridgehead atoms. The number of Topliss-reactive ketones (excluding diaryl/α,β-unsaturated/α-hetero) is 1. The molecule has 1 saturated heterocycles. The van der Waals surface area contributed by atoms with Gasteiger partial charge in [-0.15, -0.1) is 0 Å². The van der Waals surface area contributed by atoms with Gasteiger partial charge in [0.25, 0.3) is 5.56 Å². The number of carbonyl (C=O) groups excluding carboxylic acids is 1. The van der Waals surface area contributed by atoms with Crippen LogP contribution in [0.15, 0.2) is 32.4 Å². The van der Waals surface area contributed by atoms with E-state index < -0.39 is 26.9 Å². The summed E-state index contributed by atoms with van der Waals surface area (Å²) < 4.78 is 31.0. The summed E-state index contributed by atoms with van der Waals surface area (Å²) in [6, 6.07) is 3.04. The standard InChI is InChI=1S/C17H22N4O6S/c1-19-15(18)14(16(23)20(2)17(19)24)13(22)9-21(8-12-4-3-6-27-12)11-5-7-28(25,26)10-11/h3-4,6,11H,5,7-10,18H2,1-2H3. The zero-order chi connectivity index (χ0) is 20.6. The first kappa shape index (κ1) is 20.1. The molecule has 10 nitrogen and oxygen atoms in total. The fourth-order valence-corrected chi connectivity index (χ4v) is 5.13. The van der Waals surface area contributed by atoms with Crippen molar-refractivity contribution in [2.75, 3.05) is 23.8 Å². The van der Waals surface area contributed by atoms with Crippen molar-refractivity contribution < 1.29 is 17.6 Å². The number of rotatable bonds is 6. The lowest BCUT2D eigenvalue weighted by atomic mass is 10.1. The van der Waals surface area contributed by atoms with Crippen molar-refractivity contribution in [3.63, 3.8) is 0 Å². The third-order valence-corrected chi connectivity index (χ3v) is 6.75. The van der Waals surface area contributed by atoms with Crippen LogP contribution in [0.2, 0.25) is 0 Å². The van der Waals surface area contributed by atoms with Crippen molar-refractivity contribution in [1.82, 2.24) is 14.0 Å². The molecule has 28 heavy (non-hydrogen) atoms. The highest BCUT2D eigenvalue weighted by Gasteiger charge is 2.34. The van der Waals surface area contributed by atoms with Gasteiger partial charge in [-0.2, -0.15) is 0 Å². The summed E-state index contributed by atoms with van der Waals surface area (Å²) in [5.74, 6) is -0.246. The van der Waals surface area contributed by atoms with Crippen molar-refractivity contribution in [2.45, 2.75) is 19.0 Å².